The van der Waals surface area contributed by atoms with E-state index in [1.165, 1.54) is 12.1 Å². The summed E-state index contributed by atoms with van der Waals surface area (Å²) in [5.74, 6) is -0.151. The maximum atomic E-state index is 12.4. The number of furan rings is 1. The lowest BCUT2D eigenvalue weighted by Gasteiger charge is -2.05. The van der Waals surface area contributed by atoms with E-state index < -0.39 is 9.84 Å². The van der Waals surface area contributed by atoms with Crippen LogP contribution in [0.5, 0.6) is 0 Å². The smallest absolute Gasteiger partial charge is 0.291 e. The number of sulfone groups is 1. The molecule has 1 amide bonds. The molecule has 0 unspecified atom stereocenters. The number of aryl methyl sites for hydroxylation is 1. The van der Waals surface area contributed by atoms with Crippen molar-refractivity contribution in [2.24, 2.45) is 0 Å². The zero-order valence-electron chi connectivity index (χ0n) is 13.0. The summed E-state index contributed by atoms with van der Waals surface area (Å²) in [6.45, 7) is 1.82. The van der Waals surface area contributed by atoms with Crippen LogP contribution in [0.15, 0.2) is 56.2 Å². The van der Waals surface area contributed by atoms with Gasteiger partial charge in [0.2, 0.25) is 0 Å². The molecule has 0 bridgehead atoms. The van der Waals surface area contributed by atoms with Crippen LogP contribution >= 0.6 is 15.9 Å². The Labute approximate surface area is 147 Å². The van der Waals surface area contributed by atoms with Gasteiger partial charge in [-0.15, -0.1) is 0 Å². The first-order valence-electron chi connectivity index (χ1n) is 7.06. The second-order valence-electron chi connectivity index (χ2n) is 5.45. The van der Waals surface area contributed by atoms with Crippen molar-refractivity contribution in [1.82, 2.24) is 0 Å². The van der Waals surface area contributed by atoms with E-state index in [2.05, 4.69) is 21.2 Å². The van der Waals surface area contributed by atoms with Gasteiger partial charge in [0, 0.05) is 27.4 Å². The predicted molar refractivity (Wildman–Crippen MR) is 96.2 cm³/mol. The molecule has 7 heteroatoms. The van der Waals surface area contributed by atoms with Gasteiger partial charge >= 0.3 is 0 Å². The van der Waals surface area contributed by atoms with Crippen molar-refractivity contribution in [3.8, 4) is 0 Å². The summed E-state index contributed by atoms with van der Waals surface area (Å²) in [5, 5.41) is 3.58. The van der Waals surface area contributed by atoms with Crippen LogP contribution in [0.1, 0.15) is 16.1 Å². The summed E-state index contributed by atoms with van der Waals surface area (Å²) in [6, 6.07) is 11.5. The van der Waals surface area contributed by atoms with Crippen molar-refractivity contribution in [2.75, 3.05) is 11.6 Å². The number of carbonyl (C=O) groups is 1. The van der Waals surface area contributed by atoms with Crippen molar-refractivity contribution in [3.63, 3.8) is 0 Å². The lowest BCUT2D eigenvalue weighted by molar-refractivity contribution is 0.0998. The fourth-order valence-corrected chi connectivity index (χ4v) is 3.37. The van der Waals surface area contributed by atoms with E-state index in [0.717, 1.165) is 21.7 Å². The summed E-state index contributed by atoms with van der Waals surface area (Å²) in [4.78, 5) is 12.6. The second-order valence-corrected chi connectivity index (χ2v) is 8.38. The zero-order chi connectivity index (χ0) is 17.5. The Bertz CT molecular complexity index is 1040. The predicted octanol–water partition coefficient (Wildman–Crippen LogP) is 4.16. The molecule has 3 aromatic rings. The fourth-order valence-electron chi connectivity index (χ4n) is 2.38. The summed E-state index contributed by atoms with van der Waals surface area (Å²) in [5.41, 5.74) is 1.87. The summed E-state index contributed by atoms with van der Waals surface area (Å²) < 4.78 is 29.4. The number of anilines is 1. The van der Waals surface area contributed by atoms with Gasteiger partial charge in [0.1, 0.15) is 5.58 Å². The molecule has 0 aliphatic carbocycles. The number of halogens is 1. The SMILES string of the molecule is Cc1c(C(=O)Nc2ccc(S(C)(=O)=O)cc2)oc2ccc(Br)cc12. The van der Waals surface area contributed by atoms with Crippen molar-refractivity contribution in [2.45, 2.75) is 11.8 Å². The van der Waals surface area contributed by atoms with Gasteiger partial charge in [0.25, 0.3) is 5.91 Å². The van der Waals surface area contributed by atoms with Gasteiger partial charge in [-0.3, -0.25) is 4.79 Å². The van der Waals surface area contributed by atoms with Crippen molar-refractivity contribution < 1.29 is 17.6 Å². The molecule has 124 valence electrons. The first-order chi connectivity index (χ1) is 11.3. The number of hydrogen-bond acceptors (Lipinski definition) is 4. The second kappa shape index (κ2) is 6.07. The molecule has 1 heterocycles. The molecule has 0 aliphatic heterocycles. The fraction of sp³-hybridized carbons (Fsp3) is 0.118. The molecule has 24 heavy (non-hydrogen) atoms. The third kappa shape index (κ3) is 3.22. The molecule has 0 fully saturated rings. The molecular weight excluding hydrogens is 394 g/mol. The van der Waals surface area contributed by atoms with Gasteiger partial charge in [0.15, 0.2) is 15.6 Å². The number of amides is 1. The molecule has 1 N–H and O–H groups in total. The van der Waals surface area contributed by atoms with Gasteiger partial charge in [0.05, 0.1) is 4.90 Å². The maximum Gasteiger partial charge on any atom is 0.291 e. The Kier molecular flexibility index (Phi) is 4.23. The van der Waals surface area contributed by atoms with Crippen LogP contribution in [0.4, 0.5) is 5.69 Å². The first-order valence-corrected chi connectivity index (χ1v) is 9.74. The van der Waals surface area contributed by atoms with E-state index in [-0.39, 0.29) is 16.6 Å². The van der Waals surface area contributed by atoms with Crippen molar-refractivity contribution >= 4 is 48.3 Å². The molecule has 0 aliphatic rings. The standard InChI is InChI=1S/C17H14BrNO4S/c1-10-14-9-11(18)3-8-15(14)23-16(10)17(20)19-12-4-6-13(7-5-12)24(2,21)22/h3-9H,1-2H3,(H,19,20). The van der Waals surface area contributed by atoms with Crippen LogP contribution in [-0.4, -0.2) is 20.6 Å². The molecule has 0 saturated carbocycles. The van der Waals surface area contributed by atoms with Gasteiger partial charge in [-0.2, -0.15) is 0 Å². The molecule has 1 aromatic heterocycles. The Hall–Kier alpha value is -2.12. The molecular formula is C17H14BrNO4S. The molecule has 0 spiro atoms. The summed E-state index contributed by atoms with van der Waals surface area (Å²) >= 11 is 3.40. The summed E-state index contributed by atoms with van der Waals surface area (Å²) in [6.07, 6.45) is 1.14. The number of carbonyl (C=O) groups excluding carboxylic acids is 1. The van der Waals surface area contributed by atoms with E-state index >= 15 is 0 Å². The minimum atomic E-state index is -3.26. The highest BCUT2D eigenvalue weighted by Crippen LogP contribution is 2.28. The molecule has 0 atom stereocenters. The highest BCUT2D eigenvalue weighted by molar-refractivity contribution is 9.10. The molecule has 3 rings (SSSR count). The third-order valence-corrected chi connectivity index (χ3v) is 5.27. The Morgan fingerprint density at radius 3 is 2.42 bits per heavy atom. The lowest BCUT2D eigenvalue weighted by Crippen LogP contribution is -2.12. The van der Waals surface area contributed by atoms with E-state index in [1.54, 1.807) is 18.2 Å². The number of hydrogen-bond donors (Lipinski definition) is 1. The monoisotopic (exact) mass is 407 g/mol. The van der Waals surface area contributed by atoms with E-state index in [0.29, 0.717) is 11.3 Å². The molecule has 0 radical (unpaired) electrons. The highest BCUT2D eigenvalue weighted by Gasteiger charge is 2.18. The van der Waals surface area contributed by atoms with E-state index in [4.69, 9.17) is 4.42 Å². The summed E-state index contributed by atoms with van der Waals surface area (Å²) in [7, 11) is -3.26. The minimum Gasteiger partial charge on any atom is -0.451 e. The van der Waals surface area contributed by atoms with Crippen LogP contribution < -0.4 is 5.32 Å². The van der Waals surface area contributed by atoms with Crippen LogP contribution in [0.25, 0.3) is 11.0 Å². The topological polar surface area (TPSA) is 76.4 Å². The molecule has 0 saturated heterocycles. The Balaban J connectivity index is 1.89. The normalized spacial score (nSPS) is 11.6. The zero-order valence-corrected chi connectivity index (χ0v) is 15.4. The lowest BCUT2D eigenvalue weighted by atomic mass is 10.1. The van der Waals surface area contributed by atoms with Gasteiger partial charge in [-0.1, -0.05) is 15.9 Å². The van der Waals surface area contributed by atoms with Crippen LogP contribution in [0, 0.1) is 6.92 Å². The highest BCUT2D eigenvalue weighted by atomic mass is 79.9. The van der Waals surface area contributed by atoms with Gasteiger partial charge in [-0.25, -0.2) is 8.42 Å². The van der Waals surface area contributed by atoms with Crippen LogP contribution in [-0.2, 0) is 9.84 Å². The number of nitrogens with one attached hydrogen (secondary N) is 1. The average molecular weight is 408 g/mol. The maximum absolute atomic E-state index is 12.4. The quantitative estimate of drug-likeness (QED) is 0.706. The van der Waals surface area contributed by atoms with Crippen LogP contribution in [0.3, 0.4) is 0 Å². The molecule has 5 nitrogen and oxygen atoms in total. The van der Waals surface area contributed by atoms with Crippen molar-refractivity contribution in [1.29, 1.82) is 0 Å². The number of rotatable bonds is 3. The third-order valence-electron chi connectivity index (χ3n) is 3.64. The Morgan fingerprint density at radius 2 is 1.79 bits per heavy atom. The number of fused-ring (bicyclic) bond motifs is 1. The first kappa shape index (κ1) is 16.7. The number of benzene rings is 2. The van der Waals surface area contributed by atoms with E-state index in [1.807, 2.05) is 19.1 Å². The van der Waals surface area contributed by atoms with Gasteiger partial charge in [-0.05, 0) is 49.4 Å². The minimum absolute atomic E-state index is 0.199. The Morgan fingerprint density at radius 1 is 1.12 bits per heavy atom. The van der Waals surface area contributed by atoms with Crippen molar-refractivity contribution in [3.05, 3.63) is 58.3 Å². The van der Waals surface area contributed by atoms with Crippen LogP contribution in [0.2, 0.25) is 0 Å². The largest absolute Gasteiger partial charge is 0.451 e. The van der Waals surface area contributed by atoms with E-state index in [9.17, 15) is 13.2 Å². The van der Waals surface area contributed by atoms with Gasteiger partial charge < -0.3 is 9.73 Å². The average Bonchev–Trinajstić information content (AvgIpc) is 2.84. The molecule has 2 aromatic carbocycles.